The molecule has 0 fully saturated rings. The normalized spacial score (nSPS) is 10.4. The van der Waals surface area contributed by atoms with Crippen LogP contribution in [0.4, 0.5) is 0 Å². The van der Waals surface area contributed by atoms with Gasteiger partial charge in [0.15, 0.2) is 0 Å². The van der Waals surface area contributed by atoms with E-state index in [4.69, 9.17) is 0 Å². The maximum Gasteiger partial charge on any atom is 0.0285 e. The van der Waals surface area contributed by atoms with Crippen LogP contribution in [-0.2, 0) is 11.8 Å². The number of aryl methyl sites for hydroxylation is 2. The van der Waals surface area contributed by atoms with Crippen LogP contribution in [-0.4, -0.2) is 5.33 Å². The van der Waals surface area contributed by atoms with Gasteiger partial charge in [0.2, 0.25) is 0 Å². The van der Waals surface area contributed by atoms with Crippen LogP contribution in [0, 0.1) is 6.92 Å². The van der Waals surface area contributed by atoms with Crippen molar-refractivity contribution in [3.05, 3.63) is 34.9 Å². The van der Waals surface area contributed by atoms with Gasteiger partial charge in [-0.2, -0.15) is 0 Å². The van der Waals surface area contributed by atoms with Crippen molar-refractivity contribution in [2.45, 2.75) is 25.1 Å². The smallest absolute Gasteiger partial charge is 0.0285 e. The molecule has 72 valence electrons. The molecule has 0 radical (unpaired) electrons. The van der Waals surface area contributed by atoms with Crippen LogP contribution >= 0.6 is 31.9 Å². The first-order chi connectivity index (χ1) is 6.27. The van der Waals surface area contributed by atoms with Gasteiger partial charge >= 0.3 is 0 Å². The summed E-state index contributed by atoms with van der Waals surface area (Å²) in [5.74, 6) is 0. The molecule has 0 nitrogen and oxygen atoms in total. The minimum atomic E-state index is 0.963. The summed E-state index contributed by atoms with van der Waals surface area (Å²) in [6, 6.07) is 6.68. The predicted octanol–water partition coefficient (Wildman–Crippen LogP) is 4.22. The first-order valence-electron chi connectivity index (χ1n) is 4.48. The minimum absolute atomic E-state index is 0.963. The molecule has 1 aromatic carbocycles. The van der Waals surface area contributed by atoms with E-state index in [0.29, 0.717) is 0 Å². The number of alkyl halides is 2. The SMILES string of the molecule is Cc1ccc(CBr)c(CCCBr)c1. The molecule has 0 N–H and O–H groups in total. The van der Waals surface area contributed by atoms with E-state index in [1.54, 1.807) is 0 Å². The minimum Gasteiger partial charge on any atom is -0.0928 e. The largest absolute Gasteiger partial charge is 0.0928 e. The lowest BCUT2D eigenvalue weighted by molar-refractivity contribution is 0.926. The van der Waals surface area contributed by atoms with Crippen molar-refractivity contribution in [1.82, 2.24) is 0 Å². The summed E-state index contributed by atoms with van der Waals surface area (Å²) in [4.78, 5) is 0. The van der Waals surface area contributed by atoms with Crippen molar-refractivity contribution < 1.29 is 0 Å². The van der Waals surface area contributed by atoms with Gasteiger partial charge in [0.25, 0.3) is 0 Å². The monoisotopic (exact) mass is 304 g/mol. The zero-order valence-electron chi connectivity index (χ0n) is 7.82. The van der Waals surface area contributed by atoms with Gasteiger partial charge in [-0.1, -0.05) is 55.6 Å². The molecule has 0 aliphatic carbocycles. The summed E-state index contributed by atoms with van der Waals surface area (Å²) in [7, 11) is 0. The van der Waals surface area contributed by atoms with E-state index in [-0.39, 0.29) is 0 Å². The van der Waals surface area contributed by atoms with Gasteiger partial charge in [-0.25, -0.2) is 0 Å². The van der Waals surface area contributed by atoms with E-state index in [1.807, 2.05) is 0 Å². The molecule has 0 amide bonds. The molecular formula is C11H14Br2. The number of halogens is 2. The molecule has 2 heteroatoms. The molecule has 0 saturated heterocycles. The quantitative estimate of drug-likeness (QED) is 0.731. The summed E-state index contributed by atoms with van der Waals surface area (Å²) >= 11 is 6.97. The van der Waals surface area contributed by atoms with Crippen molar-refractivity contribution in [2.24, 2.45) is 0 Å². The summed E-state index contributed by atoms with van der Waals surface area (Å²) in [6.45, 7) is 2.15. The van der Waals surface area contributed by atoms with E-state index in [9.17, 15) is 0 Å². The van der Waals surface area contributed by atoms with Crippen LogP contribution < -0.4 is 0 Å². The van der Waals surface area contributed by atoms with Crippen LogP contribution in [0.25, 0.3) is 0 Å². The Hall–Kier alpha value is 0.180. The second-order valence-electron chi connectivity index (χ2n) is 3.20. The van der Waals surface area contributed by atoms with Crippen molar-refractivity contribution >= 4 is 31.9 Å². The molecule has 0 unspecified atom stereocenters. The molecule has 0 atom stereocenters. The first-order valence-corrected chi connectivity index (χ1v) is 6.72. The highest BCUT2D eigenvalue weighted by molar-refractivity contribution is 9.09. The molecule has 0 aliphatic rings. The molecule has 0 heterocycles. The van der Waals surface area contributed by atoms with E-state index < -0.39 is 0 Å². The highest BCUT2D eigenvalue weighted by Crippen LogP contribution is 2.16. The first kappa shape index (κ1) is 11.3. The fourth-order valence-electron chi connectivity index (χ4n) is 1.38. The third-order valence-corrected chi connectivity index (χ3v) is 3.25. The Morgan fingerprint density at radius 3 is 2.54 bits per heavy atom. The number of hydrogen-bond acceptors (Lipinski definition) is 0. The average molecular weight is 306 g/mol. The van der Waals surface area contributed by atoms with Crippen molar-refractivity contribution in [3.8, 4) is 0 Å². The predicted molar refractivity (Wildman–Crippen MR) is 65.9 cm³/mol. The molecule has 0 aromatic heterocycles. The molecule has 1 aromatic rings. The van der Waals surface area contributed by atoms with Gasteiger partial charge in [0, 0.05) is 10.7 Å². The molecule has 0 bridgehead atoms. The third-order valence-electron chi connectivity index (χ3n) is 2.09. The Morgan fingerprint density at radius 2 is 1.92 bits per heavy atom. The summed E-state index contributed by atoms with van der Waals surface area (Å²) in [5, 5.41) is 2.05. The van der Waals surface area contributed by atoms with Crippen LogP contribution in [0.2, 0.25) is 0 Å². The topological polar surface area (TPSA) is 0 Å². The van der Waals surface area contributed by atoms with Crippen molar-refractivity contribution in [2.75, 3.05) is 5.33 Å². The summed E-state index contributed by atoms with van der Waals surface area (Å²) in [5.41, 5.74) is 4.26. The van der Waals surface area contributed by atoms with Gasteiger partial charge in [-0.3, -0.25) is 0 Å². The van der Waals surface area contributed by atoms with Gasteiger partial charge in [0.1, 0.15) is 0 Å². The van der Waals surface area contributed by atoms with Gasteiger partial charge < -0.3 is 0 Å². The fourth-order valence-corrected chi connectivity index (χ4v) is 2.20. The molecule has 0 spiro atoms. The highest BCUT2D eigenvalue weighted by atomic mass is 79.9. The van der Waals surface area contributed by atoms with E-state index >= 15 is 0 Å². The van der Waals surface area contributed by atoms with Crippen LogP contribution in [0.3, 0.4) is 0 Å². The zero-order valence-corrected chi connectivity index (χ0v) is 11.0. The molecule has 0 saturated carbocycles. The second-order valence-corrected chi connectivity index (χ2v) is 4.55. The van der Waals surface area contributed by atoms with Crippen molar-refractivity contribution in [1.29, 1.82) is 0 Å². The Balaban J connectivity index is 2.81. The Kier molecular flexibility index (Phi) is 5.04. The lowest BCUT2D eigenvalue weighted by atomic mass is 10.0. The van der Waals surface area contributed by atoms with Crippen molar-refractivity contribution in [3.63, 3.8) is 0 Å². The average Bonchev–Trinajstić information content (AvgIpc) is 2.15. The molecule has 1 rings (SSSR count). The third kappa shape index (κ3) is 3.43. The lowest BCUT2D eigenvalue weighted by Gasteiger charge is -2.07. The van der Waals surface area contributed by atoms with Crippen LogP contribution in [0.5, 0.6) is 0 Å². The summed E-state index contributed by atoms with van der Waals surface area (Å²) < 4.78 is 0. The lowest BCUT2D eigenvalue weighted by Crippen LogP contribution is -1.93. The van der Waals surface area contributed by atoms with E-state index in [1.165, 1.54) is 29.5 Å². The van der Waals surface area contributed by atoms with Gasteiger partial charge in [-0.05, 0) is 30.9 Å². The summed E-state index contributed by atoms with van der Waals surface area (Å²) in [6.07, 6.45) is 2.39. The maximum atomic E-state index is 3.51. The Bertz CT molecular complexity index is 269. The highest BCUT2D eigenvalue weighted by Gasteiger charge is 2.00. The van der Waals surface area contributed by atoms with Crippen LogP contribution in [0.15, 0.2) is 18.2 Å². The second kappa shape index (κ2) is 5.82. The maximum absolute atomic E-state index is 3.51. The van der Waals surface area contributed by atoms with Crippen LogP contribution in [0.1, 0.15) is 23.1 Å². The Labute approximate surface area is 97.0 Å². The number of hydrogen-bond donors (Lipinski definition) is 0. The van der Waals surface area contributed by atoms with E-state index in [2.05, 4.69) is 57.0 Å². The van der Waals surface area contributed by atoms with E-state index in [0.717, 1.165) is 10.7 Å². The van der Waals surface area contributed by atoms with Gasteiger partial charge in [0.05, 0.1) is 0 Å². The zero-order chi connectivity index (χ0) is 9.68. The number of rotatable bonds is 4. The fraction of sp³-hybridized carbons (Fsp3) is 0.455. The number of benzene rings is 1. The van der Waals surface area contributed by atoms with Gasteiger partial charge in [-0.15, -0.1) is 0 Å². The molecule has 13 heavy (non-hydrogen) atoms. The standard InChI is InChI=1S/C11H14Br2/c1-9-4-5-11(8-13)10(7-9)3-2-6-12/h4-5,7H,2-3,6,8H2,1H3. The Morgan fingerprint density at radius 1 is 1.15 bits per heavy atom. The molecule has 0 aliphatic heterocycles. The molecular weight excluding hydrogens is 292 g/mol.